The highest BCUT2D eigenvalue weighted by atomic mass is 16.2. The van der Waals surface area contributed by atoms with Crippen LogP contribution in [0.25, 0.3) is 0 Å². The first-order valence-corrected chi connectivity index (χ1v) is 11.7. The molecule has 6 amide bonds. The third kappa shape index (κ3) is 5.21. The summed E-state index contributed by atoms with van der Waals surface area (Å²) in [7, 11) is 1.45. The zero-order valence-corrected chi connectivity index (χ0v) is 19.9. The summed E-state index contributed by atoms with van der Waals surface area (Å²) in [5.74, 6) is -2.17. The number of likely N-dealkylation sites (tertiary alicyclic amines) is 1. The van der Waals surface area contributed by atoms with Crippen molar-refractivity contribution >= 4 is 29.7 Å². The highest BCUT2D eigenvalue weighted by Gasteiger charge is 2.42. The number of carbonyl (C=O) groups excluding carboxylic acids is 5. The number of primary amides is 1. The van der Waals surface area contributed by atoms with Gasteiger partial charge in [0.05, 0.1) is 19.3 Å². The Balaban J connectivity index is 1.49. The highest BCUT2D eigenvalue weighted by molar-refractivity contribution is 6.03. The molecule has 0 aliphatic carbocycles. The van der Waals surface area contributed by atoms with Crippen LogP contribution in [0.5, 0.6) is 0 Å². The zero-order chi connectivity index (χ0) is 25.8. The molecule has 2 aliphatic rings. The minimum Gasteiger partial charge on any atom is -0.368 e. The van der Waals surface area contributed by atoms with Gasteiger partial charge in [0.25, 0.3) is 0 Å². The Morgan fingerprint density at radius 3 is 2.61 bits per heavy atom. The van der Waals surface area contributed by atoms with E-state index in [1.165, 1.54) is 29.4 Å². The molecule has 190 valence electrons. The maximum Gasteiger partial charge on any atom is 0.327 e. The monoisotopic (exact) mass is 495 g/mol. The second kappa shape index (κ2) is 10.6. The van der Waals surface area contributed by atoms with Crippen molar-refractivity contribution in [1.29, 1.82) is 0 Å². The van der Waals surface area contributed by atoms with Gasteiger partial charge >= 0.3 is 6.03 Å². The number of nitrogens with zero attached hydrogens (tertiary/aromatic N) is 4. The van der Waals surface area contributed by atoms with Crippen LogP contribution in [0.15, 0.2) is 42.9 Å². The van der Waals surface area contributed by atoms with Gasteiger partial charge in [0, 0.05) is 31.9 Å². The fourth-order valence-electron chi connectivity index (χ4n) is 4.64. The summed E-state index contributed by atoms with van der Waals surface area (Å²) in [5.41, 5.74) is 6.86. The molecule has 0 radical (unpaired) electrons. The lowest BCUT2D eigenvalue weighted by atomic mass is 10.0. The number of amides is 6. The highest BCUT2D eigenvalue weighted by Crippen LogP contribution is 2.21. The van der Waals surface area contributed by atoms with Crippen molar-refractivity contribution in [3.8, 4) is 0 Å². The van der Waals surface area contributed by atoms with Crippen molar-refractivity contribution < 1.29 is 24.0 Å². The van der Waals surface area contributed by atoms with Crippen molar-refractivity contribution in [2.75, 3.05) is 13.6 Å². The molecule has 0 saturated carbocycles. The first kappa shape index (κ1) is 24.9. The first-order chi connectivity index (χ1) is 17.3. The van der Waals surface area contributed by atoms with Crippen LogP contribution in [-0.4, -0.2) is 86.0 Å². The van der Waals surface area contributed by atoms with E-state index >= 15 is 0 Å². The summed E-state index contributed by atoms with van der Waals surface area (Å²) >= 11 is 0. The average molecular weight is 496 g/mol. The smallest absolute Gasteiger partial charge is 0.327 e. The lowest BCUT2D eigenvalue weighted by molar-refractivity contribution is -0.143. The van der Waals surface area contributed by atoms with Gasteiger partial charge in [-0.25, -0.2) is 9.78 Å². The van der Waals surface area contributed by atoms with Gasteiger partial charge < -0.3 is 25.8 Å². The minimum atomic E-state index is -1.08. The van der Waals surface area contributed by atoms with E-state index in [9.17, 15) is 24.0 Å². The number of carbonyl (C=O) groups is 5. The SMILES string of the molecule is CN1C(=O)N(Cc2ccccc2)C(=O)CC1C(=O)N[C@@H](Cc1cnc[nH]1)C(=O)N1CCC[C@H]1C(N)=O. The summed E-state index contributed by atoms with van der Waals surface area (Å²) in [4.78, 5) is 74.8. The van der Waals surface area contributed by atoms with Crippen molar-refractivity contribution in [3.63, 3.8) is 0 Å². The predicted molar refractivity (Wildman–Crippen MR) is 127 cm³/mol. The Bertz CT molecular complexity index is 1140. The van der Waals surface area contributed by atoms with Gasteiger partial charge in [-0.1, -0.05) is 30.3 Å². The average Bonchev–Trinajstić information content (AvgIpc) is 3.56. The van der Waals surface area contributed by atoms with Gasteiger partial charge in [-0.15, -0.1) is 0 Å². The summed E-state index contributed by atoms with van der Waals surface area (Å²) < 4.78 is 0. The topological polar surface area (TPSA) is 162 Å². The molecule has 1 aromatic heterocycles. The van der Waals surface area contributed by atoms with Gasteiger partial charge in [-0.2, -0.15) is 0 Å². The van der Waals surface area contributed by atoms with Crippen molar-refractivity contribution in [1.82, 2.24) is 30.0 Å². The maximum absolute atomic E-state index is 13.4. The van der Waals surface area contributed by atoms with E-state index in [0.717, 1.165) is 10.5 Å². The quantitative estimate of drug-likeness (QED) is 0.458. The number of likely N-dealkylation sites (N-methyl/N-ethyl adjacent to an activating group) is 1. The number of hydrogen-bond acceptors (Lipinski definition) is 6. The number of benzene rings is 1. The van der Waals surface area contributed by atoms with Gasteiger partial charge in [0.2, 0.25) is 23.6 Å². The molecule has 2 aliphatic heterocycles. The normalized spacial score (nSPS) is 21.0. The number of nitrogens with one attached hydrogen (secondary N) is 2. The van der Waals surface area contributed by atoms with Crippen LogP contribution in [0.2, 0.25) is 0 Å². The van der Waals surface area contributed by atoms with Gasteiger partial charge in [0.1, 0.15) is 18.1 Å². The number of aromatic nitrogens is 2. The predicted octanol–water partition coefficient (Wildman–Crippen LogP) is -0.234. The summed E-state index contributed by atoms with van der Waals surface area (Å²) in [6, 6.07) is 5.61. The number of imide groups is 1. The molecule has 2 saturated heterocycles. The second-order valence-electron chi connectivity index (χ2n) is 9.01. The van der Waals surface area contributed by atoms with Gasteiger partial charge in [-0.05, 0) is 18.4 Å². The summed E-state index contributed by atoms with van der Waals surface area (Å²) in [6.45, 7) is 0.443. The van der Waals surface area contributed by atoms with E-state index in [0.29, 0.717) is 25.1 Å². The number of imidazole rings is 1. The van der Waals surface area contributed by atoms with Crippen LogP contribution in [0, 0.1) is 0 Å². The van der Waals surface area contributed by atoms with Crippen molar-refractivity contribution in [3.05, 3.63) is 54.1 Å². The number of urea groups is 1. The Kier molecular flexibility index (Phi) is 7.32. The van der Waals surface area contributed by atoms with E-state index in [1.54, 1.807) is 0 Å². The Morgan fingerprint density at radius 1 is 1.19 bits per heavy atom. The molecule has 1 unspecified atom stereocenters. The van der Waals surface area contributed by atoms with E-state index in [1.807, 2.05) is 30.3 Å². The number of rotatable bonds is 8. The third-order valence-electron chi connectivity index (χ3n) is 6.61. The third-order valence-corrected chi connectivity index (χ3v) is 6.61. The molecule has 2 fully saturated rings. The minimum absolute atomic E-state index is 0.0883. The molecular formula is C24H29N7O5. The van der Waals surface area contributed by atoms with Crippen LogP contribution >= 0.6 is 0 Å². The van der Waals surface area contributed by atoms with Gasteiger partial charge in [0.15, 0.2) is 0 Å². The van der Waals surface area contributed by atoms with Crippen LogP contribution in [0.3, 0.4) is 0 Å². The Labute approximate surface area is 207 Å². The molecule has 0 bridgehead atoms. The second-order valence-corrected chi connectivity index (χ2v) is 9.01. The molecule has 12 heteroatoms. The molecule has 3 heterocycles. The van der Waals surface area contributed by atoms with E-state index in [-0.39, 0.29) is 19.4 Å². The lowest BCUT2D eigenvalue weighted by Crippen LogP contribution is -2.62. The van der Waals surface area contributed by atoms with Crippen LogP contribution in [-0.2, 0) is 32.1 Å². The number of hydrogen-bond donors (Lipinski definition) is 3. The number of nitrogens with two attached hydrogens (primary N) is 1. The zero-order valence-electron chi connectivity index (χ0n) is 19.9. The fraction of sp³-hybridized carbons (Fsp3) is 0.417. The van der Waals surface area contributed by atoms with Crippen LogP contribution in [0.4, 0.5) is 4.79 Å². The number of aromatic amines is 1. The van der Waals surface area contributed by atoms with Crippen molar-refractivity contribution in [2.45, 2.75) is 50.4 Å². The molecule has 4 N–H and O–H groups in total. The van der Waals surface area contributed by atoms with Crippen molar-refractivity contribution in [2.24, 2.45) is 5.73 Å². The van der Waals surface area contributed by atoms with E-state index in [2.05, 4.69) is 15.3 Å². The van der Waals surface area contributed by atoms with E-state index in [4.69, 9.17) is 5.73 Å². The molecule has 36 heavy (non-hydrogen) atoms. The van der Waals surface area contributed by atoms with Crippen LogP contribution in [0.1, 0.15) is 30.5 Å². The maximum atomic E-state index is 13.4. The standard InChI is InChI=1S/C24H29N7O5/c1-29-19(11-20(32)31(24(29)36)13-15-6-3-2-4-7-15)22(34)28-17(10-16-12-26-14-27-16)23(35)30-9-5-8-18(30)21(25)33/h2-4,6-7,12,14,17-19H,5,8-11,13H2,1H3,(H2,25,33)(H,26,27)(H,28,34)/t17-,18-,19?/m0/s1. The molecule has 0 spiro atoms. The molecule has 3 atom stereocenters. The summed E-state index contributed by atoms with van der Waals surface area (Å²) in [5, 5.41) is 2.70. The molecule has 12 nitrogen and oxygen atoms in total. The number of H-pyrrole nitrogens is 1. The molecule has 4 rings (SSSR count). The summed E-state index contributed by atoms with van der Waals surface area (Å²) in [6.07, 6.45) is 3.93. The van der Waals surface area contributed by atoms with E-state index < -0.39 is 47.8 Å². The Morgan fingerprint density at radius 2 is 1.94 bits per heavy atom. The Hall–Kier alpha value is -4.22. The molecule has 2 aromatic rings. The van der Waals surface area contributed by atoms with Gasteiger partial charge in [-0.3, -0.25) is 24.1 Å². The lowest BCUT2D eigenvalue weighted by Gasteiger charge is -2.38. The molecule has 1 aromatic carbocycles. The van der Waals surface area contributed by atoms with Crippen LogP contribution < -0.4 is 11.1 Å². The largest absolute Gasteiger partial charge is 0.368 e. The fourth-order valence-corrected chi connectivity index (χ4v) is 4.64. The first-order valence-electron chi connectivity index (χ1n) is 11.7. The molecular weight excluding hydrogens is 466 g/mol.